The number of carbonyl (C=O) groups is 1. The first-order valence-electron chi connectivity index (χ1n) is 6.11. The second-order valence-corrected chi connectivity index (χ2v) is 4.58. The number of carboxylic acid groups (broad SMARTS) is 1. The third-order valence-corrected chi connectivity index (χ3v) is 3.13. The van der Waals surface area contributed by atoms with Crippen molar-refractivity contribution >= 4 is 5.97 Å². The lowest BCUT2D eigenvalue weighted by Gasteiger charge is -2.10. The van der Waals surface area contributed by atoms with Crippen molar-refractivity contribution in [2.45, 2.75) is 27.2 Å². The minimum Gasteiger partial charge on any atom is -0.481 e. The fourth-order valence-electron chi connectivity index (χ4n) is 2.09. The molecule has 4 nitrogen and oxygen atoms in total. The number of hydrogen-bond acceptors (Lipinski definition) is 3. The molecule has 0 aliphatic rings. The molecule has 19 heavy (non-hydrogen) atoms. The number of hydrogen-bond donors (Lipinski definition) is 1. The zero-order valence-corrected chi connectivity index (χ0v) is 11.3. The Morgan fingerprint density at radius 3 is 2.21 bits per heavy atom. The van der Waals surface area contributed by atoms with Gasteiger partial charge in [-0.2, -0.15) is 0 Å². The van der Waals surface area contributed by atoms with E-state index in [9.17, 15) is 4.79 Å². The van der Waals surface area contributed by atoms with Crippen molar-refractivity contribution in [1.29, 1.82) is 0 Å². The lowest BCUT2D eigenvalue weighted by atomic mass is 10.1. The Balaban J connectivity index is 2.51. The maximum Gasteiger partial charge on any atom is 0.307 e. The van der Waals surface area contributed by atoms with E-state index in [0.717, 1.165) is 22.5 Å². The van der Waals surface area contributed by atoms with Gasteiger partial charge in [0.2, 0.25) is 0 Å². The van der Waals surface area contributed by atoms with Gasteiger partial charge in [-0.15, -0.1) is 0 Å². The molecule has 0 radical (unpaired) electrons. The number of aromatic nitrogens is 2. The first kappa shape index (κ1) is 13.2. The maximum absolute atomic E-state index is 10.8. The number of carboxylic acids is 1. The maximum atomic E-state index is 10.8. The SMILES string of the molecule is Cc1ccccc1-c1nc(C)c(CC(=O)O)c(C)n1. The molecule has 0 spiro atoms. The Morgan fingerprint density at radius 1 is 1.11 bits per heavy atom. The molecule has 2 rings (SSSR count). The summed E-state index contributed by atoms with van der Waals surface area (Å²) in [5, 5.41) is 8.89. The van der Waals surface area contributed by atoms with Gasteiger partial charge in [0, 0.05) is 22.5 Å². The summed E-state index contributed by atoms with van der Waals surface area (Å²) in [6, 6.07) is 7.90. The molecule has 0 aliphatic heterocycles. The van der Waals surface area contributed by atoms with Crippen LogP contribution in [0.4, 0.5) is 0 Å². The average molecular weight is 256 g/mol. The number of nitrogens with zero attached hydrogens (tertiary/aromatic N) is 2. The van der Waals surface area contributed by atoms with Crippen LogP contribution in [0.1, 0.15) is 22.5 Å². The van der Waals surface area contributed by atoms with Gasteiger partial charge in [-0.1, -0.05) is 24.3 Å². The minimum absolute atomic E-state index is 0.0360. The molecule has 0 saturated heterocycles. The van der Waals surface area contributed by atoms with Crippen molar-refractivity contribution in [2.24, 2.45) is 0 Å². The van der Waals surface area contributed by atoms with Crippen LogP contribution < -0.4 is 0 Å². The van der Waals surface area contributed by atoms with Gasteiger partial charge in [-0.05, 0) is 26.3 Å². The molecule has 0 saturated carbocycles. The molecule has 0 atom stereocenters. The van der Waals surface area contributed by atoms with E-state index in [1.807, 2.05) is 45.0 Å². The molecule has 0 bridgehead atoms. The van der Waals surface area contributed by atoms with E-state index in [1.54, 1.807) is 0 Å². The van der Waals surface area contributed by atoms with Gasteiger partial charge in [0.05, 0.1) is 6.42 Å². The number of rotatable bonds is 3. The van der Waals surface area contributed by atoms with Crippen molar-refractivity contribution in [1.82, 2.24) is 9.97 Å². The van der Waals surface area contributed by atoms with Crippen LogP contribution in [-0.2, 0) is 11.2 Å². The van der Waals surface area contributed by atoms with Crippen LogP contribution in [0, 0.1) is 20.8 Å². The quantitative estimate of drug-likeness (QED) is 0.917. The molecule has 1 aromatic carbocycles. The van der Waals surface area contributed by atoms with Gasteiger partial charge in [-0.25, -0.2) is 9.97 Å². The second kappa shape index (κ2) is 5.18. The third-order valence-electron chi connectivity index (χ3n) is 3.13. The predicted molar refractivity (Wildman–Crippen MR) is 73.0 cm³/mol. The normalized spacial score (nSPS) is 10.5. The Morgan fingerprint density at radius 2 is 1.68 bits per heavy atom. The molecule has 0 amide bonds. The topological polar surface area (TPSA) is 63.1 Å². The largest absolute Gasteiger partial charge is 0.481 e. The summed E-state index contributed by atoms with van der Waals surface area (Å²) in [4.78, 5) is 19.7. The van der Waals surface area contributed by atoms with E-state index in [0.29, 0.717) is 11.4 Å². The summed E-state index contributed by atoms with van der Waals surface area (Å²) >= 11 is 0. The Hall–Kier alpha value is -2.23. The van der Waals surface area contributed by atoms with Gasteiger partial charge in [-0.3, -0.25) is 4.79 Å². The predicted octanol–water partition coefficient (Wildman–Crippen LogP) is 2.70. The van der Waals surface area contributed by atoms with Crippen LogP contribution in [0.5, 0.6) is 0 Å². The van der Waals surface area contributed by atoms with E-state index in [1.165, 1.54) is 0 Å². The zero-order valence-electron chi connectivity index (χ0n) is 11.3. The highest BCUT2D eigenvalue weighted by Gasteiger charge is 2.13. The summed E-state index contributed by atoms with van der Waals surface area (Å²) < 4.78 is 0. The smallest absolute Gasteiger partial charge is 0.307 e. The Labute approximate surface area is 112 Å². The van der Waals surface area contributed by atoms with Gasteiger partial charge < -0.3 is 5.11 Å². The molecular formula is C15H16N2O2. The lowest BCUT2D eigenvalue weighted by Crippen LogP contribution is -2.08. The van der Waals surface area contributed by atoms with Crippen LogP contribution in [0.15, 0.2) is 24.3 Å². The Bertz CT molecular complexity index is 613. The van der Waals surface area contributed by atoms with E-state index in [4.69, 9.17) is 5.11 Å². The first-order chi connectivity index (χ1) is 8.99. The standard InChI is InChI=1S/C15H16N2O2/c1-9-6-4-5-7-12(9)15-16-10(2)13(8-14(18)19)11(3)17-15/h4-7H,8H2,1-3H3,(H,18,19). The van der Waals surface area contributed by atoms with E-state index < -0.39 is 5.97 Å². The summed E-state index contributed by atoms with van der Waals surface area (Å²) in [7, 11) is 0. The highest BCUT2D eigenvalue weighted by molar-refractivity contribution is 5.71. The molecule has 1 aromatic heterocycles. The molecular weight excluding hydrogens is 240 g/mol. The summed E-state index contributed by atoms with van der Waals surface area (Å²) in [6.07, 6.45) is -0.0360. The van der Waals surface area contributed by atoms with Crippen LogP contribution in [-0.4, -0.2) is 21.0 Å². The molecule has 0 unspecified atom stereocenters. The minimum atomic E-state index is -0.863. The molecule has 1 heterocycles. The van der Waals surface area contributed by atoms with Crippen molar-refractivity contribution in [3.63, 3.8) is 0 Å². The summed E-state index contributed by atoms with van der Waals surface area (Å²) in [5.74, 6) is -0.208. The molecule has 98 valence electrons. The van der Waals surface area contributed by atoms with Crippen LogP contribution in [0.2, 0.25) is 0 Å². The molecule has 0 aliphatic carbocycles. The van der Waals surface area contributed by atoms with E-state index in [2.05, 4.69) is 9.97 Å². The summed E-state index contributed by atoms with van der Waals surface area (Å²) in [6.45, 7) is 5.66. The second-order valence-electron chi connectivity index (χ2n) is 4.58. The van der Waals surface area contributed by atoms with Crippen molar-refractivity contribution in [3.8, 4) is 11.4 Å². The first-order valence-corrected chi connectivity index (χ1v) is 6.11. The number of benzene rings is 1. The fraction of sp³-hybridized carbons (Fsp3) is 0.267. The van der Waals surface area contributed by atoms with Crippen LogP contribution in [0.3, 0.4) is 0 Å². The number of aryl methyl sites for hydroxylation is 3. The zero-order chi connectivity index (χ0) is 14.0. The van der Waals surface area contributed by atoms with Gasteiger partial charge >= 0.3 is 5.97 Å². The fourth-order valence-corrected chi connectivity index (χ4v) is 2.09. The highest BCUT2D eigenvalue weighted by atomic mass is 16.4. The molecule has 4 heteroatoms. The van der Waals surface area contributed by atoms with E-state index >= 15 is 0 Å². The van der Waals surface area contributed by atoms with E-state index in [-0.39, 0.29) is 6.42 Å². The third kappa shape index (κ3) is 2.78. The number of aliphatic carboxylic acids is 1. The van der Waals surface area contributed by atoms with Gasteiger partial charge in [0.25, 0.3) is 0 Å². The average Bonchev–Trinajstić information content (AvgIpc) is 2.34. The summed E-state index contributed by atoms with van der Waals surface area (Å²) in [5.41, 5.74) is 4.24. The monoisotopic (exact) mass is 256 g/mol. The molecule has 2 aromatic rings. The highest BCUT2D eigenvalue weighted by Crippen LogP contribution is 2.22. The Kier molecular flexibility index (Phi) is 3.60. The lowest BCUT2D eigenvalue weighted by molar-refractivity contribution is -0.136. The van der Waals surface area contributed by atoms with Gasteiger partial charge in [0.15, 0.2) is 5.82 Å². The van der Waals surface area contributed by atoms with Crippen molar-refractivity contribution < 1.29 is 9.90 Å². The molecule has 0 fully saturated rings. The van der Waals surface area contributed by atoms with Crippen molar-refractivity contribution in [2.75, 3.05) is 0 Å². The van der Waals surface area contributed by atoms with Gasteiger partial charge in [0.1, 0.15) is 0 Å². The van der Waals surface area contributed by atoms with Crippen LogP contribution in [0.25, 0.3) is 11.4 Å². The van der Waals surface area contributed by atoms with Crippen molar-refractivity contribution in [3.05, 3.63) is 46.8 Å². The van der Waals surface area contributed by atoms with Crippen LogP contribution >= 0.6 is 0 Å². The molecule has 1 N–H and O–H groups in total.